The summed E-state index contributed by atoms with van der Waals surface area (Å²) in [5, 5.41) is 12.4. The van der Waals surface area contributed by atoms with Gasteiger partial charge in [0.25, 0.3) is 0 Å². The second-order valence-electron chi connectivity index (χ2n) is 8.27. The lowest BCUT2D eigenvalue weighted by molar-refractivity contribution is -0.115. The molecule has 0 saturated carbocycles. The molecule has 0 fully saturated rings. The van der Waals surface area contributed by atoms with Gasteiger partial charge in [0, 0.05) is 23.6 Å². The van der Waals surface area contributed by atoms with Crippen molar-refractivity contribution in [2.75, 3.05) is 5.32 Å². The van der Waals surface area contributed by atoms with Crippen molar-refractivity contribution in [3.05, 3.63) is 90.3 Å². The van der Waals surface area contributed by atoms with Gasteiger partial charge in [0.05, 0.1) is 11.8 Å². The zero-order valence-electron chi connectivity index (χ0n) is 19.7. The number of carbonyl (C=O) groups is 1. The summed E-state index contributed by atoms with van der Waals surface area (Å²) in [6.45, 7) is 6.83. The van der Waals surface area contributed by atoms with Gasteiger partial charge in [0.1, 0.15) is 0 Å². The number of thioether (sulfide) groups is 1. The number of hydrogen-bond acceptors (Lipinski definition) is 5. The first kappa shape index (κ1) is 23.7. The van der Waals surface area contributed by atoms with Crippen LogP contribution >= 0.6 is 11.8 Å². The van der Waals surface area contributed by atoms with Gasteiger partial charge in [-0.1, -0.05) is 74.1 Å². The maximum absolute atomic E-state index is 13.1. The molecule has 0 aliphatic rings. The van der Waals surface area contributed by atoms with Crippen LogP contribution < -0.4 is 5.32 Å². The molecular weight excluding hydrogens is 442 g/mol. The summed E-state index contributed by atoms with van der Waals surface area (Å²) in [7, 11) is 0. The molecule has 0 unspecified atom stereocenters. The normalized spacial score (nSPS) is 12.8. The van der Waals surface area contributed by atoms with E-state index in [0.29, 0.717) is 17.6 Å². The Morgan fingerprint density at radius 1 is 1.00 bits per heavy atom. The molecule has 2 aromatic heterocycles. The second-order valence-corrected chi connectivity index (χ2v) is 9.57. The number of amides is 1. The number of pyridine rings is 1. The summed E-state index contributed by atoms with van der Waals surface area (Å²) in [6, 6.07) is 22.0. The quantitative estimate of drug-likeness (QED) is 0.302. The number of nitrogens with one attached hydrogen (secondary N) is 1. The van der Waals surface area contributed by atoms with Gasteiger partial charge in [-0.15, -0.1) is 10.2 Å². The van der Waals surface area contributed by atoms with E-state index < -0.39 is 0 Å². The molecule has 4 aromatic rings. The van der Waals surface area contributed by atoms with Crippen molar-refractivity contribution in [3.8, 4) is 11.4 Å². The topological polar surface area (TPSA) is 72.7 Å². The third kappa shape index (κ3) is 5.54. The predicted octanol–water partition coefficient (Wildman–Crippen LogP) is 6.02. The van der Waals surface area contributed by atoms with Crippen molar-refractivity contribution in [1.29, 1.82) is 0 Å². The number of nitrogens with zero attached hydrogens (tertiary/aromatic N) is 4. The minimum Gasteiger partial charge on any atom is -0.325 e. The number of benzene rings is 2. The summed E-state index contributed by atoms with van der Waals surface area (Å²) in [5.41, 5.74) is 4.05. The molecule has 0 bridgehead atoms. The number of anilines is 1. The van der Waals surface area contributed by atoms with Gasteiger partial charge >= 0.3 is 0 Å². The third-order valence-electron chi connectivity index (χ3n) is 5.83. The molecule has 1 N–H and O–H groups in total. The van der Waals surface area contributed by atoms with Crippen LogP contribution in [0.1, 0.15) is 44.2 Å². The van der Waals surface area contributed by atoms with Crippen molar-refractivity contribution in [2.24, 2.45) is 0 Å². The van der Waals surface area contributed by atoms with Crippen LogP contribution in [0.15, 0.2) is 84.3 Å². The molecule has 4 rings (SSSR count). The van der Waals surface area contributed by atoms with Gasteiger partial charge < -0.3 is 5.32 Å². The molecule has 2 atom stereocenters. The molecule has 7 heteroatoms. The fourth-order valence-corrected chi connectivity index (χ4v) is 4.55. The number of aromatic nitrogens is 4. The van der Waals surface area contributed by atoms with Crippen LogP contribution in [0.2, 0.25) is 0 Å². The van der Waals surface area contributed by atoms with Gasteiger partial charge in [-0.25, -0.2) is 0 Å². The van der Waals surface area contributed by atoms with E-state index >= 15 is 0 Å². The van der Waals surface area contributed by atoms with E-state index in [-0.39, 0.29) is 11.2 Å². The highest BCUT2D eigenvalue weighted by molar-refractivity contribution is 8.00. The van der Waals surface area contributed by atoms with Crippen molar-refractivity contribution < 1.29 is 4.79 Å². The van der Waals surface area contributed by atoms with Gasteiger partial charge in [0.15, 0.2) is 11.0 Å². The molecule has 0 radical (unpaired) electrons. The molecule has 174 valence electrons. The second kappa shape index (κ2) is 11.1. The fourth-order valence-electron chi connectivity index (χ4n) is 3.70. The van der Waals surface area contributed by atoms with Gasteiger partial charge in [-0.2, -0.15) is 0 Å². The van der Waals surface area contributed by atoms with Crippen molar-refractivity contribution >= 4 is 23.4 Å². The molecule has 0 aliphatic carbocycles. The average Bonchev–Trinajstić information content (AvgIpc) is 3.26. The van der Waals surface area contributed by atoms with Crippen LogP contribution in [0.5, 0.6) is 0 Å². The number of carbonyl (C=O) groups excluding carboxylic acids is 1. The van der Waals surface area contributed by atoms with Gasteiger partial charge in [-0.3, -0.25) is 14.3 Å². The molecule has 34 heavy (non-hydrogen) atoms. The van der Waals surface area contributed by atoms with Crippen molar-refractivity contribution in [3.63, 3.8) is 0 Å². The van der Waals surface area contributed by atoms with E-state index in [2.05, 4.69) is 52.5 Å². The highest BCUT2D eigenvalue weighted by Gasteiger charge is 2.22. The fraction of sp³-hybridized carbons (Fsp3) is 0.259. The van der Waals surface area contributed by atoms with Crippen LogP contribution in [-0.4, -0.2) is 30.9 Å². The van der Waals surface area contributed by atoms with E-state index in [4.69, 9.17) is 0 Å². The number of rotatable bonds is 9. The summed E-state index contributed by atoms with van der Waals surface area (Å²) in [5.74, 6) is 1.04. The maximum Gasteiger partial charge on any atom is 0.237 e. The van der Waals surface area contributed by atoms with Crippen LogP contribution in [0, 0.1) is 0 Å². The minimum atomic E-state index is -0.356. The SMILES string of the molecule is CC[C@@H](C)c1ccccc1NC(=O)[C@@H](C)Sc1nnc(-c2cccnc2)n1Cc1ccccc1. The Labute approximate surface area is 204 Å². The molecule has 0 aliphatic heterocycles. The first-order valence-electron chi connectivity index (χ1n) is 11.5. The van der Waals surface area contributed by atoms with E-state index in [0.717, 1.165) is 34.6 Å². The Bertz CT molecular complexity index is 1230. The predicted molar refractivity (Wildman–Crippen MR) is 138 cm³/mol. The van der Waals surface area contributed by atoms with Crippen LogP contribution in [-0.2, 0) is 11.3 Å². The highest BCUT2D eigenvalue weighted by Crippen LogP contribution is 2.30. The summed E-state index contributed by atoms with van der Waals surface area (Å²) in [6.07, 6.45) is 4.53. The first-order valence-corrected chi connectivity index (χ1v) is 12.4. The Hall–Kier alpha value is -3.45. The Morgan fingerprint density at radius 3 is 2.50 bits per heavy atom. The van der Waals surface area contributed by atoms with E-state index in [1.807, 2.05) is 60.0 Å². The summed E-state index contributed by atoms with van der Waals surface area (Å²) in [4.78, 5) is 17.4. The van der Waals surface area contributed by atoms with Crippen LogP contribution in [0.3, 0.4) is 0 Å². The van der Waals surface area contributed by atoms with Gasteiger partial charge in [0.2, 0.25) is 5.91 Å². The minimum absolute atomic E-state index is 0.0575. The lowest BCUT2D eigenvalue weighted by Gasteiger charge is -2.18. The smallest absolute Gasteiger partial charge is 0.237 e. The molecular formula is C27H29N5OS. The van der Waals surface area contributed by atoms with Crippen LogP contribution in [0.25, 0.3) is 11.4 Å². The first-order chi connectivity index (χ1) is 16.6. The molecule has 1 amide bonds. The largest absolute Gasteiger partial charge is 0.325 e. The van der Waals surface area contributed by atoms with E-state index in [9.17, 15) is 4.79 Å². The molecule has 0 spiro atoms. The zero-order valence-corrected chi connectivity index (χ0v) is 20.5. The van der Waals surface area contributed by atoms with Crippen molar-refractivity contribution in [1.82, 2.24) is 19.7 Å². The standard InChI is InChI=1S/C27H29N5OS/c1-4-19(2)23-14-8-9-15-24(23)29-26(33)20(3)34-27-31-30-25(22-13-10-16-28-17-22)32(27)18-21-11-6-5-7-12-21/h5-17,19-20H,4,18H2,1-3H3,(H,29,33)/t19-,20-/m1/s1. The lowest BCUT2D eigenvalue weighted by Crippen LogP contribution is -2.24. The highest BCUT2D eigenvalue weighted by atomic mass is 32.2. The lowest BCUT2D eigenvalue weighted by atomic mass is 9.97. The van der Waals surface area contributed by atoms with Gasteiger partial charge in [-0.05, 0) is 48.6 Å². The third-order valence-corrected chi connectivity index (χ3v) is 6.91. The Morgan fingerprint density at radius 2 is 1.76 bits per heavy atom. The molecule has 2 aromatic carbocycles. The maximum atomic E-state index is 13.1. The number of hydrogen-bond donors (Lipinski definition) is 1. The zero-order chi connectivity index (χ0) is 23.9. The average molecular weight is 472 g/mol. The Kier molecular flexibility index (Phi) is 7.75. The molecule has 2 heterocycles. The summed E-state index contributed by atoms with van der Waals surface area (Å²) < 4.78 is 2.05. The summed E-state index contributed by atoms with van der Waals surface area (Å²) >= 11 is 1.41. The molecule has 6 nitrogen and oxygen atoms in total. The Balaban J connectivity index is 1.57. The molecule has 0 saturated heterocycles. The van der Waals surface area contributed by atoms with Crippen LogP contribution in [0.4, 0.5) is 5.69 Å². The van der Waals surface area contributed by atoms with E-state index in [1.165, 1.54) is 11.8 Å². The monoisotopic (exact) mass is 471 g/mol. The number of para-hydroxylation sites is 1. The van der Waals surface area contributed by atoms with Crippen molar-refractivity contribution in [2.45, 2.75) is 50.1 Å². The van der Waals surface area contributed by atoms with E-state index in [1.54, 1.807) is 12.4 Å².